The minimum Gasteiger partial charge on any atom is -0.368 e. The standard InChI is InChI=1S/C25H21N5O2S2/c1-3-17-18(14-26)24(33-20(22(27)31)15-10-6-4-7-11-15)30-25(19(17)29-2)34-21(23(28)32)16-12-8-5-9-13-16/h4-13,20-21H,3H2,1H3,(H2,27,31)(H2,28,32). The summed E-state index contributed by atoms with van der Waals surface area (Å²) in [4.78, 5) is 32.8. The van der Waals surface area contributed by atoms with Gasteiger partial charge < -0.3 is 11.5 Å². The van der Waals surface area contributed by atoms with Crippen molar-refractivity contribution >= 4 is 41.0 Å². The largest absolute Gasteiger partial charge is 0.368 e. The average Bonchev–Trinajstić information content (AvgIpc) is 2.85. The Balaban J connectivity index is 2.15. The van der Waals surface area contributed by atoms with Gasteiger partial charge in [-0.05, 0) is 23.1 Å². The van der Waals surface area contributed by atoms with Crippen molar-refractivity contribution < 1.29 is 9.59 Å². The highest BCUT2D eigenvalue weighted by atomic mass is 32.2. The molecule has 0 saturated heterocycles. The van der Waals surface area contributed by atoms with E-state index in [9.17, 15) is 14.9 Å². The summed E-state index contributed by atoms with van der Waals surface area (Å²) in [5.74, 6) is -1.16. The molecule has 170 valence electrons. The Morgan fingerprint density at radius 1 is 0.971 bits per heavy atom. The molecule has 7 nitrogen and oxygen atoms in total. The van der Waals surface area contributed by atoms with Crippen molar-refractivity contribution in [3.8, 4) is 6.07 Å². The number of carbonyl (C=O) groups excluding carboxylic acids is 2. The van der Waals surface area contributed by atoms with Gasteiger partial charge in [0.25, 0.3) is 0 Å². The molecule has 4 N–H and O–H groups in total. The van der Waals surface area contributed by atoms with Crippen LogP contribution in [0.4, 0.5) is 5.69 Å². The number of hydrogen-bond acceptors (Lipinski definition) is 6. The lowest BCUT2D eigenvalue weighted by Gasteiger charge is -2.19. The SMILES string of the molecule is [C-]#[N+]c1c(SC(C(N)=O)c2ccccc2)nc(SC(C(N)=O)c2ccccc2)c(C#N)c1CC. The highest BCUT2D eigenvalue weighted by Crippen LogP contribution is 2.45. The lowest BCUT2D eigenvalue weighted by Crippen LogP contribution is -2.20. The molecule has 0 spiro atoms. The number of aromatic nitrogens is 1. The van der Waals surface area contributed by atoms with Crippen molar-refractivity contribution in [2.45, 2.75) is 33.9 Å². The maximum atomic E-state index is 12.3. The van der Waals surface area contributed by atoms with Gasteiger partial charge >= 0.3 is 0 Å². The van der Waals surface area contributed by atoms with Crippen molar-refractivity contribution in [3.63, 3.8) is 0 Å². The van der Waals surface area contributed by atoms with Crippen LogP contribution in [0.3, 0.4) is 0 Å². The summed E-state index contributed by atoms with van der Waals surface area (Å²) in [5, 5.41) is 8.88. The topological polar surface area (TPSA) is 127 Å². The number of thioether (sulfide) groups is 2. The van der Waals surface area contributed by atoms with Crippen molar-refractivity contribution in [3.05, 3.63) is 94.3 Å². The van der Waals surface area contributed by atoms with Crippen molar-refractivity contribution in [1.82, 2.24) is 4.98 Å². The van der Waals surface area contributed by atoms with Crippen LogP contribution in [0, 0.1) is 17.9 Å². The molecule has 1 heterocycles. The molecule has 0 aliphatic carbocycles. The molecule has 2 unspecified atom stereocenters. The third-order valence-corrected chi connectivity index (χ3v) is 7.47. The first kappa shape index (κ1) is 24.8. The number of hydrogen-bond donors (Lipinski definition) is 2. The summed E-state index contributed by atoms with van der Waals surface area (Å²) >= 11 is 2.11. The fraction of sp³-hybridized carbons (Fsp3) is 0.160. The quantitative estimate of drug-likeness (QED) is 0.333. The molecule has 34 heavy (non-hydrogen) atoms. The maximum Gasteiger partial charge on any atom is 0.235 e. The van der Waals surface area contributed by atoms with E-state index in [1.807, 2.05) is 19.1 Å². The molecule has 2 atom stereocenters. The highest BCUT2D eigenvalue weighted by Gasteiger charge is 2.28. The summed E-state index contributed by atoms with van der Waals surface area (Å²) in [6.07, 6.45) is 0.392. The minimum atomic E-state index is -0.789. The molecule has 1 aromatic heterocycles. The fourth-order valence-corrected chi connectivity index (χ4v) is 5.56. The van der Waals surface area contributed by atoms with E-state index >= 15 is 0 Å². The molecule has 0 aliphatic heterocycles. The van der Waals surface area contributed by atoms with Crippen LogP contribution in [0.25, 0.3) is 4.85 Å². The number of amides is 2. The van der Waals surface area contributed by atoms with Gasteiger partial charge in [-0.15, -0.1) is 0 Å². The monoisotopic (exact) mass is 487 g/mol. The zero-order valence-corrected chi connectivity index (χ0v) is 19.9. The van der Waals surface area contributed by atoms with Gasteiger partial charge in [0.15, 0.2) is 0 Å². The van der Waals surface area contributed by atoms with Gasteiger partial charge in [0.05, 0.1) is 12.1 Å². The number of nitriles is 1. The molecular formula is C25H21N5O2S2. The summed E-state index contributed by atoms with van der Waals surface area (Å²) in [5.41, 5.74) is 13.6. The van der Waals surface area contributed by atoms with Crippen LogP contribution in [0.2, 0.25) is 0 Å². The zero-order valence-electron chi connectivity index (χ0n) is 18.3. The van der Waals surface area contributed by atoms with E-state index in [1.165, 1.54) is 0 Å². The van der Waals surface area contributed by atoms with Crippen LogP contribution in [0.15, 0.2) is 70.7 Å². The number of carbonyl (C=O) groups is 2. The van der Waals surface area contributed by atoms with Crippen LogP contribution < -0.4 is 11.5 Å². The Morgan fingerprint density at radius 3 is 1.82 bits per heavy atom. The van der Waals surface area contributed by atoms with E-state index < -0.39 is 22.3 Å². The van der Waals surface area contributed by atoms with E-state index in [0.29, 0.717) is 23.1 Å². The number of nitrogens with two attached hydrogens (primary N) is 2. The van der Waals surface area contributed by atoms with Gasteiger partial charge in [-0.2, -0.15) is 5.26 Å². The number of primary amides is 2. The van der Waals surface area contributed by atoms with Crippen molar-refractivity contribution in [2.75, 3.05) is 0 Å². The van der Waals surface area contributed by atoms with Gasteiger partial charge in [0, 0.05) is 0 Å². The Morgan fingerprint density at radius 2 is 1.44 bits per heavy atom. The van der Waals surface area contributed by atoms with Crippen LogP contribution >= 0.6 is 23.5 Å². The van der Waals surface area contributed by atoms with Gasteiger partial charge in [0.2, 0.25) is 17.5 Å². The second-order valence-electron chi connectivity index (χ2n) is 7.12. The fourth-order valence-electron chi connectivity index (χ4n) is 3.38. The number of benzene rings is 2. The minimum absolute atomic E-state index is 0.200. The number of pyridine rings is 1. The third-order valence-electron chi connectivity index (χ3n) is 4.96. The molecule has 2 aromatic carbocycles. The van der Waals surface area contributed by atoms with Crippen molar-refractivity contribution in [2.24, 2.45) is 11.5 Å². The van der Waals surface area contributed by atoms with Gasteiger partial charge in [-0.3, -0.25) is 9.59 Å². The van der Waals surface area contributed by atoms with Crippen molar-refractivity contribution in [1.29, 1.82) is 5.26 Å². The third kappa shape index (κ3) is 5.40. The van der Waals surface area contributed by atoms with Gasteiger partial charge in [0.1, 0.15) is 26.6 Å². The van der Waals surface area contributed by atoms with E-state index in [0.717, 1.165) is 23.5 Å². The molecule has 0 fully saturated rings. The Hall–Kier alpha value is -3.79. The van der Waals surface area contributed by atoms with Crippen LogP contribution in [-0.4, -0.2) is 16.8 Å². The summed E-state index contributed by atoms with van der Waals surface area (Å²) in [6, 6.07) is 20.1. The van der Waals surface area contributed by atoms with E-state index in [4.69, 9.17) is 18.0 Å². The predicted octanol–water partition coefficient (Wildman–Crippen LogP) is 4.70. The highest BCUT2D eigenvalue weighted by molar-refractivity contribution is 8.01. The normalized spacial score (nSPS) is 12.2. The molecular weight excluding hydrogens is 466 g/mol. The summed E-state index contributed by atoms with van der Waals surface area (Å²) < 4.78 is 0. The molecule has 3 rings (SSSR count). The number of nitrogens with zero attached hydrogens (tertiary/aromatic N) is 3. The smallest absolute Gasteiger partial charge is 0.235 e. The molecule has 9 heteroatoms. The van der Waals surface area contributed by atoms with Crippen LogP contribution in [-0.2, 0) is 16.0 Å². The molecule has 0 radical (unpaired) electrons. The molecule has 3 aromatic rings. The summed E-state index contributed by atoms with van der Waals surface area (Å²) in [6.45, 7) is 9.57. The van der Waals surface area contributed by atoms with Crippen LogP contribution in [0.5, 0.6) is 0 Å². The van der Waals surface area contributed by atoms with Crippen LogP contribution in [0.1, 0.15) is 39.7 Å². The zero-order chi connectivity index (χ0) is 24.7. The first-order valence-electron chi connectivity index (χ1n) is 10.3. The lowest BCUT2D eigenvalue weighted by atomic mass is 10.1. The number of rotatable bonds is 9. The van der Waals surface area contributed by atoms with E-state index in [2.05, 4.69) is 15.9 Å². The predicted molar refractivity (Wildman–Crippen MR) is 133 cm³/mol. The molecule has 0 bridgehead atoms. The van der Waals surface area contributed by atoms with Gasteiger partial charge in [-0.25, -0.2) is 9.83 Å². The Labute approximate surface area is 206 Å². The average molecular weight is 488 g/mol. The second kappa shape index (κ2) is 11.4. The van der Waals surface area contributed by atoms with E-state index in [1.54, 1.807) is 48.5 Å². The Bertz CT molecular complexity index is 1190. The molecule has 0 aliphatic rings. The second-order valence-corrected chi connectivity index (χ2v) is 9.31. The molecule has 0 saturated carbocycles. The Kier molecular flexibility index (Phi) is 8.31. The summed E-state index contributed by atoms with van der Waals surface area (Å²) in [7, 11) is 0. The maximum absolute atomic E-state index is 12.3. The van der Waals surface area contributed by atoms with E-state index in [-0.39, 0.29) is 21.3 Å². The first-order valence-corrected chi connectivity index (χ1v) is 12.0. The molecule has 2 amide bonds. The van der Waals surface area contributed by atoms with Gasteiger partial charge in [-0.1, -0.05) is 91.1 Å². The first-order chi connectivity index (χ1) is 16.4. The lowest BCUT2D eigenvalue weighted by molar-refractivity contribution is -0.118.